The van der Waals surface area contributed by atoms with E-state index in [-0.39, 0.29) is 5.69 Å². The lowest BCUT2D eigenvalue weighted by Gasteiger charge is -2.09. The van der Waals surface area contributed by atoms with Gasteiger partial charge in [-0.15, -0.1) is 0 Å². The molecule has 1 N–H and O–H groups in total. The number of nitrogens with zero attached hydrogens (tertiary/aromatic N) is 4. The third-order valence-corrected chi connectivity index (χ3v) is 3.23. The highest BCUT2D eigenvalue weighted by Gasteiger charge is 2.16. The lowest BCUT2D eigenvalue weighted by atomic mass is 10.1. The van der Waals surface area contributed by atoms with E-state index in [1.54, 1.807) is 9.25 Å². The first-order valence-corrected chi connectivity index (χ1v) is 6.46. The number of hydrogen-bond acceptors (Lipinski definition) is 3. The minimum absolute atomic E-state index is 0.258. The van der Waals surface area contributed by atoms with Crippen LogP contribution in [0, 0.1) is 0 Å². The highest BCUT2D eigenvalue weighted by Crippen LogP contribution is 2.19. The van der Waals surface area contributed by atoms with Gasteiger partial charge in [0.15, 0.2) is 5.82 Å². The molecule has 2 heterocycles. The molecule has 0 aliphatic carbocycles. The van der Waals surface area contributed by atoms with E-state index in [9.17, 15) is 4.79 Å². The molecule has 3 aromatic rings. The summed E-state index contributed by atoms with van der Waals surface area (Å²) in [5.74, 6) is 0.525. The van der Waals surface area contributed by atoms with Crippen LogP contribution in [0.1, 0.15) is 12.5 Å². The van der Waals surface area contributed by atoms with Crippen LogP contribution >= 0.6 is 0 Å². The van der Waals surface area contributed by atoms with Crippen LogP contribution in [0.2, 0.25) is 0 Å². The van der Waals surface area contributed by atoms with Crippen molar-refractivity contribution in [2.75, 3.05) is 0 Å². The van der Waals surface area contributed by atoms with Gasteiger partial charge < -0.3 is 0 Å². The van der Waals surface area contributed by atoms with Crippen molar-refractivity contribution in [3.63, 3.8) is 0 Å². The summed E-state index contributed by atoms with van der Waals surface area (Å²) in [5.41, 5.74) is 2.34. The molecular weight excluding hydrogens is 254 g/mol. The van der Waals surface area contributed by atoms with Crippen LogP contribution in [0.4, 0.5) is 0 Å². The van der Waals surface area contributed by atoms with Crippen LogP contribution in [0.3, 0.4) is 0 Å². The van der Waals surface area contributed by atoms with E-state index in [4.69, 9.17) is 0 Å². The Morgan fingerprint density at radius 2 is 2.05 bits per heavy atom. The van der Waals surface area contributed by atoms with Gasteiger partial charge in [0.05, 0.1) is 5.69 Å². The maximum atomic E-state index is 12.1. The molecule has 0 aliphatic heterocycles. The fourth-order valence-electron chi connectivity index (χ4n) is 2.25. The molecule has 0 spiro atoms. The zero-order valence-electron chi connectivity index (χ0n) is 11.4. The van der Waals surface area contributed by atoms with Gasteiger partial charge in [-0.3, -0.25) is 4.68 Å². The number of rotatable bonds is 3. The molecule has 0 fully saturated rings. The molecule has 0 radical (unpaired) electrons. The van der Waals surface area contributed by atoms with Crippen LogP contribution in [-0.4, -0.2) is 24.5 Å². The topological polar surface area (TPSA) is 68.5 Å². The highest BCUT2D eigenvalue weighted by atomic mass is 16.1. The Labute approximate surface area is 115 Å². The standard InChI is InChI=1S/C14H15N5O/c1-3-10-6-4-5-7-12(10)19-13(15-16-14(19)20)11-8-9-18(2)17-11/h4-9H,3H2,1-2H3,(H,16,20). The number of aromatic amines is 1. The number of aryl methyl sites for hydroxylation is 2. The van der Waals surface area contributed by atoms with E-state index in [1.165, 1.54) is 0 Å². The van der Waals surface area contributed by atoms with Crippen molar-refractivity contribution in [3.05, 3.63) is 52.6 Å². The van der Waals surface area contributed by atoms with Gasteiger partial charge in [-0.2, -0.15) is 10.2 Å². The van der Waals surface area contributed by atoms with Crippen molar-refractivity contribution in [3.8, 4) is 17.2 Å². The molecule has 2 aromatic heterocycles. The summed E-state index contributed by atoms with van der Waals surface area (Å²) in [6.45, 7) is 2.06. The van der Waals surface area contributed by atoms with E-state index in [2.05, 4.69) is 22.2 Å². The molecule has 0 saturated carbocycles. The molecule has 3 rings (SSSR count). The summed E-state index contributed by atoms with van der Waals surface area (Å²) in [6.07, 6.45) is 2.67. The van der Waals surface area contributed by atoms with Crippen LogP contribution in [0.5, 0.6) is 0 Å². The maximum Gasteiger partial charge on any atom is 0.348 e. The first-order chi connectivity index (χ1) is 9.70. The second kappa shape index (κ2) is 4.80. The summed E-state index contributed by atoms with van der Waals surface area (Å²) in [4.78, 5) is 12.1. The summed E-state index contributed by atoms with van der Waals surface area (Å²) in [5, 5.41) is 10.9. The van der Waals surface area contributed by atoms with Gasteiger partial charge in [0, 0.05) is 13.2 Å². The SMILES string of the molecule is CCc1ccccc1-n1c(-c2ccn(C)n2)n[nH]c1=O. The van der Waals surface area contributed by atoms with Crippen molar-refractivity contribution >= 4 is 0 Å². The number of para-hydroxylation sites is 1. The molecular formula is C14H15N5O. The number of H-pyrrole nitrogens is 1. The van der Waals surface area contributed by atoms with E-state index >= 15 is 0 Å². The highest BCUT2D eigenvalue weighted by molar-refractivity contribution is 5.54. The largest absolute Gasteiger partial charge is 0.348 e. The molecule has 0 saturated heterocycles. The van der Waals surface area contributed by atoms with Crippen LogP contribution in [0.15, 0.2) is 41.3 Å². The molecule has 0 amide bonds. The van der Waals surface area contributed by atoms with Crippen molar-refractivity contribution < 1.29 is 0 Å². The number of nitrogens with one attached hydrogen (secondary N) is 1. The Hall–Kier alpha value is -2.63. The summed E-state index contributed by atoms with van der Waals surface area (Å²) < 4.78 is 3.26. The van der Waals surface area contributed by atoms with E-state index in [1.807, 2.05) is 43.6 Å². The van der Waals surface area contributed by atoms with Gasteiger partial charge in [-0.1, -0.05) is 25.1 Å². The average molecular weight is 269 g/mol. The normalized spacial score (nSPS) is 10.9. The lowest BCUT2D eigenvalue weighted by molar-refractivity contribution is 0.767. The van der Waals surface area contributed by atoms with E-state index in [0.29, 0.717) is 11.5 Å². The van der Waals surface area contributed by atoms with Crippen LogP contribution < -0.4 is 5.69 Å². The van der Waals surface area contributed by atoms with Gasteiger partial charge in [-0.25, -0.2) is 14.5 Å². The van der Waals surface area contributed by atoms with Gasteiger partial charge in [-0.05, 0) is 24.1 Å². The predicted molar refractivity (Wildman–Crippen MR) is 75.8 cm³/mol. The summed E-state index contributed by atoms with van der Waals surface area (Å²) in [6, 6.07) is 9.64. The Bertz CT molecular complexity index is 796. The number of aromatic nitrogens is 5. The number of benzene rings is 1. The summed E-state index contributed by atoms with van der Waals surface area (Å²) in [7, 11) is 1.83. The zero-order valence-corrected chi connectivity index (χ0v) is 11.4. The second-order valence-electron chi connectivity index (χ2n) is 4.54. The fraction of sp³-hybridized carbons (Fsp3) is 0.214. The lowest BCUT2D eigenvalue weighted by Crippen LogP contribution is -2.17. The molecule has 0 atom stereocenters. The number of hydrogen-bond donors (Lipinski definition) is 1. The Morgan fingerprint density at radius 1 is 1.25 bits per heavy atom. The maximum absolute atomic E-state index is 12.1. The molecule has 102 valence electrons. The third-order valence-electron chi connectivity index (χ3n) is 3.23. The van der Waals surface area contributed by atoms with E-state index in [0.717, 1.165) is 17.7 Å². The fourth-order valence-corrected chi connectivity index (χ4v) is 2.25. The van der Waals surface area contributed by atoms with Gasteiger partial charge >= 0.3 is 5.69 Å². The van der Waals surface area contributed by atoms with Gasteiger partial charge in [0.25, 0.3) is 0 Å². The molecule has 6 heteroatoms. The van der Waals surface area contributed by atoms with Crippen LogP contribution in [0.25, 0.3) is 17.2 Å². The Morgan fingerprint density at radius 3 is 2.75 bits per heavy atom. The smallest absolute Gasteiger partial charge is 0.275 e. The molecule has 6 nitrogen and oxygen atoms in total. The minimum Gasteiger partial charge on any atom is -0.275 e. The van der Waals surface area contributed by atoms with Crippen LogP contribution in [-0.2, 0) is 13.5 Å². The average Bonchev–Trinajstić information content (AvgIpc) is 3.04. The first-order valence-electron chi connectivity index (χ1n) is 6.46. The van der Waals surface area contributed by atoms with Crippen molar-refractivity contribution in [2.45, 2.75) is 13.3 Å². The molecule has 20 heavy (non-hydrogen) atoms. The van der Waals surface area contributed by atoms with Crippen molar-refractivity contribution in [2.24, 2.45) is 7.05 Å². The molecule has 0 bridgehead atoms. The molecule has 0 unspecified atom stereocenters. The zero-order chi connectivity index (χ0) is 14.1. The Kier molecular flexibility index (Phi) is 2.98. The molecule has 0 aliphatic rings. The Balaban J connectivity index is 2.24. The minimum atomic E-state index is -0.258. The predicted octanol–water partition coefficient (Wildman–Crippen LogP) is 1.52. The monoisotopic (exact) mass is 269 g/mol. The third kappa shape index (κ3) is 1.95. The van der Waals surface area contributed by atoms with Gasteiger partial charge in [0.2, 0.25) is 0 Å². The quantitative estimate of drug-likeness (QED) is 0.784. The first kappa shape index (κ1) is 12.4. The van der Waals surface area contributed by atoms with E-state index < -0.39 is 0 Å². The second-order valence-corrected chi connectivity index (χ2v) is 4.54. The molecule has 1 aromatic carbocycles. The summed E-state index contributed by atoms with van der Waals surface area (Å²) >= 11 is 0. The van der Waals surface area contributed by atoms with Crippen molar-refractivity contribution in [1.29, 1.82) is 0 Å². The van der Waals surface area contributed by atoms with Gasteiger partial charge in [0.1, 0.15) is 5.69 Å². The van der Waals surface area contributed by atoms with Crippen molar-refractivity contribution in [1.82, 2.24) is 24.5 Å².